The summed E-state index contributed by atoms with van der Waals surface area (Å²) in [7, 11) is 1.57. The highest BCUT2D eigenvalue weighted by molar-refractivity contribution is 7.22. The summed E-state index contributed by atoms with van der Waals surface area (Å²) in [6, 6.07) is 17.6. The summed E-state index contributed by atoms with van der Waals surface area (Å²) < 4.78 is 6.22. The summed E-state index contributed by atoms with van der Waals surface area (Å²) in [5.74, 6) is -1.01. The lowest BCUT2D eigenvalue weighted by atomic mass is 9.95. The number of amides is 1. The molecule has 1 N–H and O–H groups in total. The molecule has 5 rings (SSSR count). The number of ketones is 1. The second-order valence-electron chi connectivity index (χ2n) is 8.73. The first-order valence-electron chi connectivity index (χ1n) is 11.2. The van der Waals surface area contributed by atoms with Crippen LogP contribution in [0.3, 0.4) is 0 Å². The third-order valence-electron chi connectivity index (χ3n) is 6.23. The van der Waals surface area contributed by atoms with Crippen LogP contribution >= 0.6 is 11.3 Å². The highest BCUT2D eigenvalue weighted by atomic mass is 32.1. The molecule has 7 heteroatoms. The van der Waals surface area contributed by atoms with Crippen LogP contribution < -0.4 is 9.64 Å². The fourth-order valence-electron chi connectivity index (χ4n) is 4.46. The number of nitrogens with zero attached hydrogens (tertiary/aromatic N) is 2. The van der Waals surface area contributed by atoms with Crippen molar-refractivity contribution in [2.24, 2.45) is 0 Å². The molecule has 1 fully saturated rings. The van der Waals surface area contributed by atoms with E-state index in [1.807, 2.05) is 45.0 Å². The molecular formula is C28H24N2O4S. The zero-order valence-corrected chi connectivity index (χ0v) is 20.6. The molecule has 35 heavy (non-hydrogen) atoms. The predicted octanol–water partition coefficient (Wildman–Crippen LogP) is 5.86. The topological polar surface area (TPSA) is 79.7 Å². The van der Waals surface area contributed by atoms with E-state index >= 15 is 0 Å². The molecule has 1 aliphatic heterocycles. The van der Waals surface area contributed by atoms with Crippen molar-refractivity contribution < 1.29 is 19.4 Å². The molecular weight excluding hydrogens is 460 g/mol. The molecule has 0 radical (unpaired) electrons. The summed E-state index contributed by atoms with van der Waals surface area (Å²) in [5, 5.41) is 11.7. The van der Waals surface area contributed by atoms with Crippen molar-refractivity contribution in [2.45, 2.75) is 26.8 Å². The molecule has 1 atom stereocenters. The Labute approximate surface area is 207 Å². The van der Waals surface area contributed by atoms with Crippen LogP contribution in [0.5, 0.6) is 5.75 Å². The fraction of sp³-hybridized carbons (Fsp3) is 0.179. The number of Topliss-reactive ketones (excluding diaryl/α,β-unsaturated/α-hetero) is 1. The molecule has 2 heterocycles. The van der Waals surface area contributed by atoms with Gasteiger partial charge in [-0.3, -0.25) is 14.5 Å². The van der Waals surface area contributed by atoms with Crippen molar-refractivity contribution in [3.63, 3.8) is 0 Å². The number of hydrogen-bond acceptors (Lipinski definition) is 6. The maximum atomic E-state index is 13.4. The van der Waals surface area contributed by atoms with E-state index in [-0.39, 0.29) is 11.3 Å². The number of carbonyl (C=O) groups is 2. The quantitative estimate of drug-likeness (QED) is 0.223. The number of hydrogen-bond donors (Lipinski definition) is 1. The molecule has 1 aromatic heterocycles. The lowest BCUT2D eigenvalue weighted by Gasteiger charge is -2.23. The van der Waals surface area contributed by atoms with Crippen LogP contribution in [0.4, 0.5) is 5.13 Å². The van der Waals surface area contributed by atoms with Gasteiger partial charge in [0.1, 0.15) is 11.5 Å². The number of thiazole rings is 1. The van der Waals surface area contributed by atoms with Gasteiger partial charge in [0, 0.05) is 5.56 Å². The minimum atomic E-state index is -0.829. The van der Waals surface area contributed by atoms with Gasteiger partial charge in [0.2, 0.25) is 0 Å². The van der Waals surface area contributed by atoms with E-state index in [4.69, 9.17) is 9.72 Å². The minimum absolute atomic E-state index is 0.0381. The van der Waals surface area contributed by atoms with Crippen LogP contribution in [0.25, 0.3) is 16.0 Å². The van der Waals surface area contributed by atoms with Gasteiger partial charge in [-0.2, -0.15) is 0 Å². The normalized spacial score (nSPS) is 17.4. The van der Waals surface area contributed by atoms with Gasteiger partial charge in [0.15, 0.2) is 5.13 Å². The van der Waals surface area contributed by atoms with E-state index in [1.165, 1.54) is 16.2 Å². The number of ether oxygens (including phenoxy) is 1. The Balaban J connectivity index is 1.73. The van der Waals surface area contributed by atoms with Crippen molar-refractivity contribution in [1.82, 2.24) is 4.98 Å². The van der Waals surface area contributed by atoms with Gasteiger partial charge in [0.05, 0.1) is 28.9 Å². The second kappa shape index (κ2) is 8.67. The maximum absolute atomic E-state index is 13.4. The standard InChI is InChI=1S/C28H24N2O4S/c1-15-5-7-19(8-6-15)25(31)22-24(18-9-11-20(34-4)12-10-18)30(27(33)26(22)32)28-29-23-17(3)13-16(2)14-21(23)35-28/h5-14,24,31H,1-4H3/t24-/m1/s1. The van der Waals surface area contributed by atoms with Gasteiger partial charge in [-0.15, -0.1) is 0 Å². The third-order valence-corrected chi connectivity index (χ3v) is 7.23. The molecule has 0 saturated carbocycles. The van der Waals surface area contributed by atoms with Crippen LogP contribution in [0.1, 0.15) is 33.9 Å². The van der Waals surface area contributed by atoms with E-state index < -0.39 is 17.7 Å². The molecule has 1 saturated heterocycles. The van der Waals surface area contributed by atoms with E-state index in [0.29, 0.717) is 22.0 Å². The first-order valence-corrected chi connectivity index (χ1v) is 12.0. The number of rotatable bonds is 4. The lowest BCUT2D eigenvalue weighted by molar-refractivity contribution is -0.132. The van der Waals surface area contributed by atoms with E-state index in [2.05, 4.69) is 0 Å². The second-order valence-corrected chi connectivity index (χ2v) is 9.74. The SMILES string of the molecule is COc1ccc([C@@H]2C(=C(O)c3ccc(C)cc3)C(=O)C(=O)N2c2nc3c(C)cc(C)cc3s2)cc1. The zero-order valence-electron chi connectivity index (χ0n) is 19.8. The van der Waals surface area contributed by atoms with E-state index in [1.54, 1.807) is 43.5 Å². The van der Waals surface area contributed by atoms with Crippen molar-refractivity contribution >= 4 is 44.1 Å². The first-order chi connectivity index (χ1) is 16.8. The Kier molecular flexibility index (Phi) is 5.65. The van der Waals surface area contributed by atoms with Crippen LogP contribution in [0.2, 0.25) is 0 Å². The Morgan fingerprint density at radius 2 is 1.66 bits per heavy atom. The van der Waals surface area contributed by atoms with Crippen molar-refractivity contribution in [1.29, 1.82) is 0 Å². The van der Waals surface area contributed by atoms with Crippen molar-refractivity contribution in [2.75, 3.05) is 12.0 Å². The summed E-state index contributed by atoms with van der Waals surface area (Å²) in [6.07, 6.45) is 0. The number of benzene rings is 3. The monoisotopic (exact) mass is 484 g/mol. The van der Waals surface area contributed by atoms with Gasteiger partial charge in [-0.05, 0) is 55.7 Å². The number of aliphatic hydroxyl groups is 1. The van der Waals surface area contributed by atoms with Crippen LogP contribution in [-0.2, 0) is 9.59 Å². The van der Waals surface area contributed by atoms with Gasteiger partial charge >= 0.3 is 5.91 Å². The Hall–Kier alpha value is -3.97. The number of aromatic nitrogens is 1. The first kappa shape index (κ1) is 22.8. The average Bonchev–Trinajstić information content (AvgIpc) is 3.38. The fourth-order valence-corrected chi connectivity index (χ4v) is 5.63. The third kappa shape index (κ3) is 3.88. The van der Waals surface area contributed by atoms with Crippen molar-refractivity contribution in [3.8, 4) is 5.75 Å². The largest absolute Gasteiger partial charge is 0.507 e. The number of aliphatic hydroxyl groups excluding tert-OH is 1. The van der Waals surface area contributed by atoms with Gasteiger partial charge in [-0.25, -0.2) is 4.98 Å². The van der Waals surface area contributed by atoms with Gasteiger partial charge in [-0.1, -0.05) is 59.4 Å². The summed E-state index contributed by atoms with van der Waals surface area (Å²) in [4.78, 5) is 32.9. The molecule has 0 unspecified atom stereocenters. The van der Waals surface area contributed by atoms with Gasteiger partial charge in [0.25, 0.3) is 5.78 Å². The Bertz CT molecular complexity index is 1500. The van der Waals surface area contributed by atoms with Crippen LogP contribution in [0, 0.1) is 20.8 Å². The molecule has 6 nitrogen and oxygen atoms in total. The van der Waals surface area contributed by atoms with Gasteiger partial charge < -0.3 is 9.84 Å². The summed E-state index contributed by atoms with van der Waals surface area (Å²) in [5.41, 5.74) is 5.10. The number of carbonyl (C=O) groups excluding carboxylic acids is 2. The van der Waals surface area contributed by atoms with Crippen LogP contribution in [-0.4, -0.2) is 28.9 Å². The predicted molar refractivity (Wildman–Crippen MR) is 138 cm³/mol. The van der Waals surface area contributed by atoms with Crippen LogP contribution in [0.15, 0.2) is 66.2 Å². The molecule has 176 valence electrons. The van der Waals surface area contributed by atoms with E-state index in [0.717, 1.165) is 26.9 Å². The molecule has 0 aliphatic carbocycles. The number of aryl methyl sites for hydroxylation is 3. The molecule has 1 aliphatic rings. The molecule has 1 amide bonds. The minimum Gasteiger partial charge on any atom is -0.507 e. The number of methoxy groups -OCH3 is 1. The molecule has 0 bridgehead atoms. The number of fused-ring (bicyclic) bond motifs is 1. The molecule has 3 aromatic carbocycles. The zero-order chi connectivity index (χ0) is 24.9. The summed E-state index contributed by atoms with van der Waals surface area (Å²) >= 11 is 1.36. The molecule has 0 spiro atoms. The highest BCUT2D eigenvalue weighted by Crippen LogP contribution is 2.45. The maximum Gasteiger partial charge on any atom is 0.301 e. The number of anilines is 1. The summed E-state index contributed by atoms with van der Waals surface area (Å²) in [6.45, 7) is 5.93. The average molecular weight is 485 g/mol. The lowest BCUT2D eigenvalue weighted by Crippen LogP contribution is -2.29. The molecule has 4 aromatic rings. The highest BCUT2D eigenvalue weighted by Gasteiger charge is 2.48. The van der Waals surface area contributed by atoms with Crippen molar-refractivity contribution in [3.05, 3.63) is 94.1 Å². The Morgan fingerprint density at radius 3 is 2.31 bits per heavy atom. The smallest absolute Gasteiger partial charge is 0.301 e. The van der Waals surface area contributed by atoms with E-state index in [9.17, 15) is 14.7 Å². The Morgan fingerprint density at radius 1 is 0.971 bits per heavy atom.